The normalized spacial score (nSPS) is 9.68. The Bertz CT molecular complexity index is 631. The molecule has 1 heterocycles. The molecule has 0 radical (unpaired) electrons. The molecule has 7 heteroatoms. The third kappa shape index (κ3) is 2.63. The van der Waals surface area contributed by atoms with E-state index in [2.05, 4.69) is 9.97 Å². The van der Waals surface area contributed by atoms with Gasteiger partial charge in [0.15, 0.2) is 0 Å². The monoisotopic (exact) mass is 255 g/mol. The van der Waals surface area contributed by atoms with Gasteiger partial charge in [0.2, 0.25) is 5.95 Å². The van der Waals surface area contributed by atoms with E-state index in [-0.39, 0.29) is 5.69 Å². The first-order chi connectivity index (χ1) is 9.11. The molecular weight excluding hydrogens is 246 g/mol. The van der Waals surface area contributed by atoms with Crippen LogP contribution in [-0.4, -0.2) is 21.9 Å². The van der Waals surface area contributed by atoms with Crippen molar-refractivity contribution < 1.29 is 4.92 Å². The van der Waals surface area contributed by atoms with Crippen LogP contribution >= 0.6 is 0 Å². The number of aromatic nitrogens is 2. The van der Waals surface area contributed by atoms with Gasteiger partial charge in [-0.25, -0.2) is 9.97 Å². The van der Waals surface area contributed by atoms with Crippen molar-refractivity contribution >= 4 is 17.3 Å². The summed E-state index contributed by atoms with van der Waals surface area (Å²) in [6.07, 6.45) is 2.31. The second kappa shape index (κ2) is 5.10. The van der Waals surface area contributed by atoms with Crippen LogP contribution in [0.5, 0.6) is 0 Å². The summed E-state index contributed by atoms with van der Waals surface area (Å²) in [6, 6.07) is 8.89. The molecule has 0 fully saturated rings. The Hall–Kier alpha value is -3.01. The van der Waals surface area contributed by atoms with Gasteiger partial charge in [-0.05, 0) is 24.3 Å². The maximum atomic E-state index is 10.5. The van der Waals surface area contributed by atoms with Gasteiger partial charge in [-0.2, -0.15) is 5.26 Å². The maximum absolute atomic E-state index is 10.5. The molecule has 2 aromatic rings. The fourth-order valence-corrected chi connectivity index (χ4v) is 1.46. The lowest BCUT2D eigenvalue weighted by Gasteiger charge is -2.16. The first kappa shape index (κ1) is 12.4. The van der Waals surface area contributed by atoms with Crippen LogP contribution < -0.4 is 4.90 Å². The van der Waals surface area contributed by atoms with Crippen molar-refractivity contribution in [1.82, 2.24) is 9.97 Å². The van der Waals surface area contributed by atoms with Crippen LogP contribution in [0.15, 0.2) is 36.7 Å². The average Bonchev–Trinajstić information content (AvgIpc) is 2.46. The highest BCUT2D eigenvalue weighted by Gasteiger charge is 2.10. The van der Waals surface area contributed by atoms with Crippen LogP contribution in [0.4, 0.5) is 17.3 Å². The van der Waals surface area contributed by atoms with E-state index in [1.165, 1.54) is 0 Å². The minimum absolute atomic E-state index is 0.156. The average molecular weight is 255 g/mol. The molecule has 0 spiro atoms. The molecule has 0 amide bonds. The van der Waals surface area contributed by atoms with Crippen LogP contribution in [-0.2, 0) is 0 Å². The number of hydrogen-bond donors (Lipinski definition) is 0. The number of nitrogens with zero attached hydrogens (tertiary/aromatic N) is 5. The number of nitriles is 1. The van der Waals surface area contributed by atoms with Gasteiger partial charge < -0.3 is 4.90 Å². The maximum Gasteiger partial charge on any atom is 0.305 e. The Balaban J connectivity index is 2.25. The Morgan fingerprint density at radius 1 is 1.26 bits per heavy atom. The summed E-state index contributed by atoms with van der Waals surface area (Å²) in [5.74, 6) is 0.343. The number of nitro groups is 1. The molecule has 0 aliphatic carbocycles. The van der Waals surface area contributed by atoms with E-state index in [4.69, 9.17) is 5.26 Å². The van der Waals surface area contributed by atoms with Gasteiger partial charge in [0.1, 0.15) is 12.4 Å². The Kier molecular flexibility index (Phi) is 3.34. The minimum Gasteiger partial charge on any atom is -0.314 e. The topological polar surface area (TPSA) is 96.0 Å². The summed E-state index contributed by atoms with van der Waals surface area (Å²) in [7, 11) is 1.74. The van der Waals surface area contributed by atoms with Crippen LogP contribution in [0.3, 0.4) is 0 Å². The molecule has 0 N–H and O–H groups in total. The van der Waals surface area contributed by atoms with Crippen molar-refractivity contribution in [1.29, 1.82) is 5.26 Å². The van der Waals surface area contributed by atoms with E-state index in [0.717, 1.165) is 18.1 Å². The quantitative estimate of drug-likeness (QED) is 0.615. The SMILES string of the molecule is CN(c1ccc(C#N)cc1)c1ncc([N+](=O)[O-])cn1. The number of benzene rings is 1. The van der Waals surface area contributed by atoms with Gasteiger partial charge in [0, 0.05) is 12.7 Å². The first-order valence-electron chi connectivity index (χ1n) is 5.32. The van der Waals surface area contributed by atoms with Crippen LogP contribution in [0.25, 0.3) is 0 Å². The zero-order chi connectivity index (χ0) is 13.8. The lowest BCUT2D eigenvalue weighted by atomic mass is 10.2. The predicted octanol–water partition coefficient (Wildman–Crippen LogP) is 2.02. The first-order valence-corrected chi connectivity index (χ1v) is 5.32. The summed E-state index contributed by atoms with van der Waals surface area (Å²) in [5, 5.41) is 19.2. The lowest BCUT2D eigenvalue weighted by molar-refractivity contribution is -0.385. The van der Waals surface area contributed by atoms with Crippen molar-refractivity contribution in [3.63, 3.8) is 0 Å². The molecule has 0 bridgehead atoms. The van der Waals surface area contributed by atoms with E-state index in [0.29, 0.717) is 11.5 Å². The predicted molar refractivity (Wildman–Crippen MR) is 67.9 cm³/mol. The number of rotatable bonds is 3. The van der Waals surface area contributed by atoms with Crippen LogP contribution in [0.1, 0.15) is 5.56 Å². The highest BCUT2D eigenvalue weighted by atomic mass is 16.6. The zero-order valence-electron chi connectivity index (χ0n) is 10.0. The Morgan fingerprint density at radius 3 is 2.32 bits per heavy atom. The minimum atomic E-state index is -0.550. The van der Waals surface area contributed by atoms with Gasteiger partial charge in [0.05, 0.1) is 16.6 Å². The smallest absolute Gasteiger partial charge is 0.305 e. The van der Waals surface area contributed by atoms with Gasteiger partial charge in [-0.15, -0.1) is 0 Å². The van der Waals surface area contributed by atoms with Crippen molar-refractivity contribution in [2.75, 3.05) is 11.9 Å². The summed E-state index contributed by atoms with van der Waals surface area (Å²) in [4.78, 5) is 19.5. The summed E-state index contributed by atoms with van der Waals surface area (Å²) in [6.45, 7) is 0. The van der Waals surface area contributed by atoms with Crippen LogP contribution in [0, 0.1) is 21.4 Å². The molecular formula is C12H9N5O2. The van der Waals surface area contributed by atoms with Gasteiger partial charge in [-0.3, -0.25) is 10.1 Å². The van der Waals surface area contributed by atoms with E-state index in [1.807, 2.05) is 6.07 Å². The fraction of sp³-hybridized carbons (Fsp3) is 0.0833. The van der Waals surface area contributed by atoms with E-state index in [9.17, 15) is 10.1 Å². The summed E-state index contributed by atoms with van der Waals surface area (Å²) < 4.78 is 0. The van der Waals surface area contributed by atoms with Gasteiger partial charge >= 0.3 is 5.69 Å². The molecule has 0 saturated heterocycles. The summed E-state index contributed by atoms with van der Waals surface area (Å²) in [5.41, 5.74) is 1.19. The van der Waals surface area contributed by atoms with Crippen molar-refractivity contribution in [2.45, 2.75) is 0 Å². The van der Waals surface area contributed by atoms with E-state index >= 15 is 0 Å². The highest BCUT2D eigenvalue weighted by molar-refractivity contribution is 5.57. The highest BCUT2D eigenvalue weighted by Crippen LogP contribution is 2.20. The Morgan fingerprint density at radius 2 is 1.84 bits per heavy atom. The molecule has 0 aliphatic heterocycles. The van der Waals surface area contributed by atoms with Gasteiger partial charge in [0.25, 0.3) is 0 Å². The van der Waals surface area contributed by atoms with Crippen LogP contribution in [0.2, 0.25) is 0 Å². The lowest BCUT2D eigenvalue weighted by Crippen LogP contribution is -2.12. The third-order valence-electron chi connectivity index (χ3n) is 2.52. The van der Waals surface area contributed by atoms with Gasteiger partial charge in [-0.1, -0.05) is 0 Å². The molecule has 1 aromatic heterocycles. The fourth-order valence-electron chi connectivity index (χ4n) is 1.46. The van der Waals surface area contributed by atoms with Crippen molar-refractivity contribution in [3.05, 3.63) is 52.3 Å². The number of hydrogen-bond acceptors (Lipinski definition) is 6. The standard InChI is InChI=1S/C12H9N5O2/c1-16(10-4-2-9(6-13)3-5-10)12-14-7-11(8-15-12)17(18)19/h2-5,7-8H,1H3. The third-order valence-corrected chi connectivity index (χ3v) is 2.52. The number of anilines is 2. The summed E-state index contributed by atoms with van der Waals surface area (Å²) >= 11 is 0. The Labute approximate surface area is 108 Å². The van der Waals surface area contributed by atoms with E-state index in [1.54, 1.807) is 36.2 Å². The molecule has 1 aromatic carbocycles. The van der Waals surface area contributed by atoms with Crippen molar-refractivity contribution in [2.24, 2.45) is 0 Å². The molecule has 0 atom stereocenters. The zero-order valence-corrected chi connectivity index (χ0v) is 10.0. The second-order valence-electron chi connectivity index (χ2n) is 3.72. The second-order valence-corrected chi connectivity index (χ2v) is 3.72. The molecule has 7 nitrogen and oxygen atoms in total. The van der Waals surface area contributed by atoms with E-state index < -0.39 is 4.92 Å². The molecule has 19 heavy (non-hydrogen) atoms. The molecule has 0 aliphatic rings. The molecule has 2 rings (SSSR count). The molecule has 94 valence electrons. The molecule has 0 unspecified atom stereocenters. The molecule has 0 saturated carbocycles. The largest absolute Gasteiger partial charge is 0.314 e. The van der Waals surface area contributed by atoms with Crippen molar-refractivity contribution in [3.8, 4) is 6.07 Å².